The van der Waals surface area contributed by atoms with Gasteiger partial charge in [-0.05, 0) is 12.1 Å². The molecule has 1 aromatic heterocycles. The SMILES string of the molecule is c1ccc2c(c1)Nc1nsnc1N2. The van der Waals surface area contributed by atoms with E-state index in [4.69, 9.17) is 0 Å². The summed E-state index contributed by atoms with van der Waals surface area (Å²) in [5.74, 6) is 1.62. The number of nitrogens with one attached hydrogen (secondary N) is 2. The van der Waals surface area contributed by atoms with E-state index in [1.54, 1.807) is 0 Å². The van der Waals surface area contributed by atoms with E-state index in [-0.39, 0.29) is 0 Å². The summed E-state index contributed by atoms with van der Waals surface area (Å²) in [7, 11) is 0. The van der Waals surface area contributed by atoms with Crippen LogP contribution in [-0.4, -0.2) is 8.75 Å². The molecule has 1 aliphatic heterocycles. The number of rotatable bonds is 0. The van der Waals surface area contributed by atoms with Crippen molar-refractivity contribution in [1.29, 1.82) is 0 Å². The van der Waals surface area contributed by atoms with Crippen molar-refractivity contribution in [3.05, 3.63) is 24.3 Å². The number of anilines is 4. The maximum absolute atomic E-state index is 4.11. The number of nitrogens with zero attached hydrogens (tertiary/aromatic N) is 2. The molecule has 0 spiro atoms. The second kappa shape index (κ2) is 2.43. The molecule has 0 saturated carbocycles. The molecule has 0 aliphatic carbocycles. The van der Waals surface area contributed by atoms with E-state index in [9.17, 15) is 0 Å². The Morgan fingerprint density at radius 3 is 2.00 bits per heavy atom. The van der Waals surface area contributed by atoms with Gasteiger partial charge in [0.1, 0.15) is 0 Å². The second-order valence-corrected chi connectivity index (χ2v) is 3.29. The molecule has 2 N–H and O–H groups in total. The van der Waals surface area contributed by atoms with Gasteiger partial charge < -0.3 is 10.6 Å². The summed E-state index contributed by atoms with van der Waals surface area (Å²) in [4.78, 5) is 0. The molecule has 13 heavy (non-hydrogen) atoms. The Bertz CT molecular complexity index is 411. The fraction of sp³-hybridized carbons (Fsp3) is 0. The van der Waals surface area contributed by atoms with Crippen LogP contribution in [-0.2, 0) is 0 Å². The van der Waals surface area contributed by atoms with E-state index in [2.05, 4.69) is 19.4 Å². The van der Waals surface area contributed by atoms with Gasteiger partial charge in [-0.15, -0.1) is 0 Å². The Labute approximate surface area is 78.9 Å². The molecule has 4 nitrogen and oxygen atoms in total. The first-order valence-corrected chi connectivity index (χ1v) is 4.62. The van der Waals surface area contributed by atoms with Gasteiger partial charge in [0.2, 0.25) is 0 Å². The Morgan fingerprint density at radius 2 is 1.46 bits per heavy atom. The molecule has 2 aromatic rings. The van der Waals surface area contributed by atoms with Crippen LogP contribution in [0.4, 0.5) is 23.0 Å². The molecule has 0 atom stereocenters. The molecule has 64 valence electrons. The Hall–Kier alpha value is -1.62. The molecular weight excluding hydrogens is 184 g/mol. The molecule has 5 heteroatoms. The van der Waals surface area contributed by atoms with Crippen molar-refractivity contribution in [3.8, 4) is 0 Å². The number of hydrogen-bond acceptors (Lipinski definition) is 5. The highest BCUT2D eigenvalue weighted by atomic mass is 32.1. The summed E-state index contributed by atoms with van der Waals surface area (Å²) in [6.45, 7) is 0. The van der Waals surface area contributed by atoms with E-state index in [1.807, 2.05) is 24.3 Å². The number of benzene rings is 1. The van der Waals surface area contributed by atoms with E-state index in [1.165, 1.54) is 11.7 Å². The second-order valence-electron chi connectivity index (χ2n) is 2.76. The van der Waals surface area contributed by atoms with Crippen molar-refractivity contribution in [2.75, 3.05) is 10.6 Å². The first-order chi connectivity index (χ1) is 6.43. The zero-order valence-corrected chi connectivity index (χ0v) is 7.43. The maximum atomic E-state index is 4.11. The van der Waals surface area contributed by atoms with Crippen LogP contribution in [0.5, 0.6) is 0 Å². The van der Waals surface area contributed by atoms with Crippen LogP contribution in [0.25, 0.3) is 0 Å². The fourth-order valence-electron chi connectivity index (χ4n) is 1.31. The van der Waals surface area contributed by atoms with Crippen LogP contribution in [0.2, 0.25) is 0 Å². The fourth-order valence-corrected chi connectivity index (χ4v) is 1.78. The average molecular weight is 190 g/mol. The highest BCUT2D eigenvalue weighted by Gasteiger charge is 2.16. The monoisotopic (exact) mass is 190 g/mol. The normalized spacial score (nSPS) is 12.3. The first kappa shape index (κ1) is 6.85. The minimum atomic E-state index is 0.809. The van der Waals surface area contributed by atoms with Crippen molar-refractivity contribution >= 4 is 34.7 Å². The zero-order chi connectivity index (χ0) is 8.67. The minimum Gasteiger partial charge on any atom is -0.335 e. The largest absolute Gasteiger partial charge is 0.335 e. The topological polar surface area (TPSA) is 49.8 Å². The van der Waals surface area contributed by atoms with Crippen LogP contribution < -0.4 is 10.6 Å². The van der Waals surface area contributed by atoms with Crippen LogP contribution in [0.3, 0.4) is 0 Å². The van der Waals surface area contributed by atoms with Gasteiger partial charge in [-0.3, -0.25) is 0 Å². The Kier molecular flexibility index (Phi) is 1.28. The number of fused-ring (bicyclic) bond motifs is 2. The van der Waals surface area contributed by atoms with Crippen molar-refractivity contribution in [3.63, 3.8) is 0 Å². The average Bonchev–Trinajstić information content (AvgIpc) is 2.61. The van der Waals surface area contributed by atoms with Gasteiger partial charge in [0.25, 0.3) is 0 Å². The van der Waals surface area contributed by atoms with Gasteiger partial charge in [-0.2, -0.15) is 8.75 Å². The number of hydrogen-bond donors (Lipinski definition) is 2. The molecule has 2 heterocycles. The molecule has 1 aromatic carbocycles. The molecule has 0 saturated heterocycles. The standard InChI is InChI=1S/C8H6N4S/c1-2-4-6-5(3-1)9-7-8(10-6)12-13-11-7/h1-4H,(H,9,11)(H,10,12). The van der Waals surface area contributed by atoms with E-state index in [0.717, 1.165) is 23.0 Å². The van der Waals surface area contributed by atoms with Crippen molar-refractivity contribution in [2.45, 2.75) is 0 Å². The predicted octanol–water partition coefficient (Wildman–Crippen LogP) is 2.34. The summed E-state index contributed by atoms with van der Waals surface area (Å²) in [6, 6.07) is 7.98. The summed E-state index contributed by atoms with van der Waals surface area (Å²) >= 11 is 1.20. The summed E-state index contributed by atoms with van der Waals surface area (Å²) in [5, 5.41) is 6.39. The van der Waals surface area contributed by atoms with Crippen LogP contribution >= 0.6 is 11.7 Å². The van der Waals surface area contributed by atoms with Gasteiger partial charge in [-0.25, -0.2) is 0 Å². The molecule has 0 unspecified atom stereocenters. The predicted molar refractivity (Wildman–Crippen MR) is 52.9 cm³/mol. The molecule has 0 fully saturated rings. The Balaban J connectivity index is 2.14. The van der Waals surface area contributed by atoms with Gasteiger partial charge in [0.15, 0.2) is 11.6 Å². The van der Waals surface area contributed by atoms with Gasteiger partial charge in [0.05, 0.1) is 23.1 Å². The highest BCUT2D eigenvalue weighted by molar-refractivity contribution is 6.99. The third kappa shape index (κ3) is 0.972. The lowest BCUT2D eigenvalue weighted by Crippen LogP contribution is -2.05. The highest BCUT2D eigenvalue weighted by Crippen LogP contribution is 2.36. The number of aromatic nitrogens is 2. The third-order valence-electron chi connectivity index (χ3n) is 1.92. The lowest BCUT2D eigenvalue weighted by molar-refractivity contribution is 1.37. The van der Waals surface area contributed by atoms with Crippen LogP contribution in [0, 0.1) is 0 Å². The van der Waals surface area contributed by atoms with Gasteiger partial charge in [-0.1, -0.05) is 12.1 Å². The van der Waals surface area contributed by atoms with Gasteiger partial charge >= 0.3 is 0 Å². The number of para-hydroxylation sites is 2. The minimum absolute atomic E-state index is 0.809. The van der Waals surface area contributed by atoms with E-state index >= 15 is 0 Å². The van der Waals surface area contributed by atoms with E-state index in [0.29, 0.717) is 0 Å². The molecule has 0 bridgehead atoms. The molecule has 0 radical (unpaired) electrons. The quantitative estimate of drug-likeness (QED) is 0.571. The smallest absolute Gasteiger partial charge is 0.189 e. The van der Waals surface area contributed by atoms with Crippen LogP contribution in [0.15, 0.2) is 24.3 Å². The first-order valence-electron chi connectivity index (χ1n) is 3.89. The van der Waals surface area contributed by atoms with Crippen LogP contribution in [0.1, 0.15) is 0 Å². The summed E-state index contributed by atoms with van der Waals surface area (Å²) in [6.07, 6.45) is 0. The zero-order valence-electron chi connectivity index (χ0n) is 6.61. The third-order valence-corrected chi connectivity index (χ3v) is 2.45. The lowest BCUT2D eigenvalue weighted by Gasteiger charge is -2.16. The molecule has 0 amide bonds. The lowest BCUT2D eigenvalue weighted by atomic mass is 10.2. The van der Waals surface area contributed by atoms with Crippen molar-refractivity contribution in [2.24, 2.45) is 0 Å². The summed E-state index contributed by atoms with van der Waals surface area (Å²) < 4.78 is 8.23. The molecule has 1 aliphatic rings. The summed E-state index contributed by atoms with van der Waals surface area (Å²) in [5.41, 5.74) is 2.09. The van der Waals surface area contributed by atoms with Crippen molar-refractivity contribution in [1.82, 2.24) is 8.75 Å². The molecule has 3 rings (SSSR count). The van der Waals surface area contributed by atoms with E-state index < -0.39 is 0 Å². The Morgan fingerprint density at radius 1 is 0.923 bits per heavy atom. The molecular formula is C8H6N4S. The van der Waals surface area contributed by atoms with Gasteiger partial charge in [0, 0.05) is 0 Å². The maximum Gasteiger partial charge on any atom is 0.189 e. The van der Waals surface area contributed by atoms with Crippen molar-refractivity contribution < 1.29 is 0 Å².